The van der Waals surface area contributed by atoms with Gasteiger partial charge in [-0.2, -0.15) is 0 Å². The summed E-state index contributed by atoms with van der Waals surface area (Å²) in [6.45, 7) is 0. The van der Waals surface area contributed by atoms with Crippen LogP contribution < -0.4 is 4.90 Å². The minimum atomic E-state index is -1.32. The van der Waals surface area contributed by atoms with Crippen molar-refractivity contribution in [2.75, 3.05) is 4.90 Å². The first-order chi connectivity index (χ1) is 16.6. The van der Waals surface area contributed by atoms with Crippen LogP contribution in [0.15, 0.2) is 35.7 Å². The van der Waals surface area contributed by atoms with Crippen molar-refractivity contribution >= 4 is 98.4 Å². The molecule has 1 saturated heterocycles. The smallest absolute Gasteiger partial charge is 0.293 e. The van der Waals surface area contributed by atoms with Crippen molar-refractivity contribution in [2.45, 2.75) is 12.1 Å². The van der Waals surface area contributed by atoms with Gasteiger partial charge in [-0.25, -0.2) is 0 Å². The van der Waals surface area contributed by atoms with Crippen LogP contribution in [0.25, 0.3) is 0 Å². The maximum Gasteiger partial charge on any atom is 0.294 e. The van der Waals surface area contributed by atoms with E-state index in [9.17, 15) is 24.5 Å². The quantitative estimate of drug-likeness (QED) is 0.0842. The van der Waals surface area contributed by atoms with Crippen molar-refractivity contribution < 1.29 is 19.3 Å². The zero-order chi connectivity index (χ0) is 25.3. The van der Waals surface area contributed by atoms with E-state index in [0.717, 1.165) is 15.9 Å². The zero-order valence-corrected chi connectivity index (χ0v) is 21.4. The molecule has 1 aromatic heterocycles. The molecular formula is C21H8Cl5N3O5S. The van der Waals surface area contributed by atoms with Gasteiger partial charge in [0, 0.05) is 16.0 Å². The molecule has 3 heterocycles. The lowest BCUT2D eigenvalue weighted by atomic mass is 9.90. The summed E-state index contributed by atoms with van der Waals surface area (Å²) in [4.78, 5) is 53.7. The van der Waals surface area contributed by atoms with Crippen LogP contribution in [0.5, 0.6) is 0 Å². The minimum absolute atomic E-state index is 0.0298. The molecule has 0 radical (unpaired) electrons. The van der Waals surface area contributed by atoms with Gasteiger partial charge in [-0.3, -0.25) is 34.3 Å². The van der Waals surface area contributed by atoms with Gasteiger partial charge in [-0.1, -0.05) is 64.1 Å². The number of imide groups is 1. The highest BCUT2D eigenvalue weighted by atomic mass is 35.5. The van der Waals surface area contributed by atoms with Crippen molar-refractivity contribution in [3.8, 4) is 0 Å². The molecule has 5 rings (SSSR count). The number of benzene rings is 2. The summed E-state index contributed by atoms with van der Waals surface area (Å²) in [5, 5.41) is 12.6. The first kappa shape index (κ1) is 24.3. The second-order valence-electron chi connectivity index (χ2n) is 7.49. The number of nitro groups is 1. The third-order valence-corrected chi connectivity index (χ3v) is 8.69. The van der Waals surface area contributed by atoms with E-state index in [0.29, 0.717) is 4.88 Å². The third kappa shape index (κ3) is 3.45. The number of rotatable bonds is 4. The van der Waals surface area contributed by atoms with E-state index in [4.69, 9.17) is 58.0 Å². The number of β-lactam (4-membered cyclic amide) rings is 1. The van der Waals surface area contributed by atoms with Crippen molar-refractivity contribution in [1.82, 2.24) is 4.90 Å². The molecule has 2 atom stereocenters. The van der Waals surface area contributed by atoms with Crippen LogP contribution in [0.1, 0.15) is 31.6 Å². The number of thiophene rings is 1. The summed E-state index contributed by atoms with van der Waals surface area (Å²) in [5.41, 5.74) is -0.954. The fourth-order valence-corrected chi connectivity index (χ4v) is 6.23. The topological polar surface area (TPSA) is 101 Å². The predicted molar refractivity (Wildman–Crippen MR) is 133 cm³/mol. The maximum absolute atomic E-state index is 13.5. The molecule has 2 aromatic carbocycles. The van der Waals surface area contributed by atoms with Crippen molar-refractivity contribution in [1.29, 1.82) is 0 Å². The SMILES string of the molecule is O=C1c2c(Cl)c(Cl)c(Cl)c(Cl)c2C(=O)N1[C@H]1C(=O)N(c2ccc(Cl)cc2[N+](=O)[O-])[C@@H]1c1cccs1. The standard InChI is InChI=1S/C21H8Cl5N3O5S/c22-7-3-4-8(9(6-7)29(33)34)27-17(10-2-1-5-35-10)18(21(27)32)28-19(30)11-12(20(28)31)14(24)16(26)15(25)13(11)23/h1-6,17-18H/t17-,18-/m1/s1. The molecule has 0 saturated carbocycles. The second-order valence-corrected chi connectivity index (χ2v) is 10.4. The molecule has 14 heteroatoms. The van der Waals surface area contributed by atoms with Crippen molar-refractivity contribution in [2.24, 2.45) is 0 Å². The Morgan fingerprint density at radius 1 is 0.829 bits per heavy atom. The molecular weight excluding hydrogens is 584 g/mol. The number of nitrogens with zero attached hydrogens (tertiary/aromatic N) is 3. The number of carbonyl (C=O) groups is 3. The molecule has 1 fully saturated rings. The Kier molecular flexibility index (Phi) is 5.98. The number of hydrogen-bond acceptors (Lipinski definition) is 6. The van der Waals surface area contributed by atoms with Crippen LogP contribution in [0, 0.1) is 10.1 Å². The van der Waals surface area contributed by atoms with E-state index in [-0.39, 0.29) is 41.9 Å². The van der Waals surface area contributed by atoms with Gasteiger partial charge >= 0.3 is 0 Å². The Morgan fingerprint density at radius 3 is 1.94 bits per heavy atom. The van der Waals surface area contributed by atoms with Gasteiger partial charge in [0.15, 0.2) is 0 Å². The molecule has 2 aliphatic rings. The van der Waals surface area contributed by atoms with Crippen molar-refractivity contribution in [3.05, 3.63) is 86.9 Å². The Labute approximate surface area is 225 Å². The fourth-order valence-electron chi connectivity index (χ4n) is 4.20. The lowest BCUT2D eigenvalue weighted by molar-refractivity contribution is -0.384. The second kappa shape index (κ2) is 8.62. The lowest BCUT2D eigenvalue weighted by Gasteiger charge is -2.48. The molecule has 35 heavy (non-hydrogen) atoms. The van der Waals surface area contributed by atoms with Crippen LogP contribution in [-0.4, -0.2) is 33.6 Å². The van der Waals surface area contributed by atoms with Gasteiger partial charge in [0.25, 0.3) is 23.4 Å². The average Bonchev–Trinajstić information content (AvgIpc) is 3.43. The van der Waals surface area contributed by atoms with Gasteiger partial charge < -0.3 is 0 Å². The molecule has 3 amide bonds. The van der Waals surface area contributed by atoms with E-state index in [2.05, 4.69) is 0 Å². The largest absolute Gasteiger partial charge is 0.294 e. The summed E-state index contributed by atoms with van der Waals surface area (Å²) >= 11 is 31.8. The average molecular weight is 592 g/mol. The summed E-state index contributed by atoms with van der Waals surface area (Å²) in [6, 6.07) is 5.04. The Bertz CT molecular complexity index is 1430. The number of amides is 3. The van der Waals surface area contributed by atoms with E-state index < -0.39 is 40.4 Å². The first-order valence-electron chi connectivity index (χ1n) is 9.60. The number of halogens is 5. The van der Waals surface area contributed by atoms with Crippen LogP contribution >= 0.6 is 69.3 Å². The molecule has 0 bridgehead atoms. The van der Waals surface area contributed by atoms with Crippen LogP contribution in [0.3, 0.4) is 0 Å². The van der Waals surface area contributed by atoms with Gasteiger partial charge in [0.1, 0.15) is 17.8 Å². The summed E-state index contributed by atoms with van der Waals surface area (Å²) in [7, 11) is 0. The monoisotopic (exact) mass is 589 g/mol. The van der Waals surface area contributed by atoms with E-state index in [1.54, 1.807) is 17.5 Å². The van der Waals surface area contributed by atoms with Crippen LogP contribution in [0.4, 0.5) is 11.4 Å². The van der Waals surface area contributed by atoms with Gasteiger partial charge in [-0.15, -0.1) is 11.3 Å². The maximum atomic E-state index is 13.5. The summed E-state index contributed by atoms with van der Waals surface area (Å²) in [5.74, 6) is -2.46. The molecule has 8 nitrogen and oxygen atoms in total. The number of fused-ring (bicyclic) bond motifs is 1. The molecule has 0 N–H and O–H groups in total. The Hall–Kier alpha value is -2.40. The third-order valence-electron chi connectivity index (χ3n) is 5.71. The van der Waals surface area contributed by atoms with E-state index >= 15 is 0 Å². The van der Waals surface area contributed by atoms with Crippen molar-refractivity contribution in [3.63, 3.8) is 0 Å². The summed E-state index contributed by atoms with van der Waals surface area (Å²) < 4.78 is 0. The Balaban J connectivity index is 1.64. The zero-order valence-electron chi connectivity index (χ0n) is 16.8. The first-order valence-corrected chi connectivity index (χ1v) is 12.4. The molecule has 178 valence electrons. The molecule has 2 aliphatic heterocycles. The van der Waals surface area contributed by atoms with Gasteiger partial charge in [0.2, 0.25) is 0 Å². The molecule has 0 spiro atoms. The normalized spacial score (nSPS) is 19.3. The Morgan fingerprint density at radius 2 is 1.43 bits per heavy atom. The van der Waals surface area contributed by atoms with Crippen LogP contribution in [-0.2, 0) is 4.79 Å². The fraction of sp³-hybridized carbons (Fsp3) is 0.0952. The summed E-state index contributed by atoms with van der Waals surface area (Å²) in [6.07, 6.45) is 0. The van der Waals surface area contributed by atoms with E-state index in [1.807, 2.05) is 0 Å². The number of carbonyl (C=O) groups excluding carboxylic acids is 3. The van der Waals surface area contributed by atoms with Gasteiger partial charge in [0.05, 0.1) is 36.1 Å². The number of nitro benzene ring substituents is 1. The van der Waals surface area contributed by atoms with E-state index in [1.165, 1.54) is 23.5 Å². The highest BCUT2D eigenvalue weighted by molar-refractivity contribution is 7.10. The minimum Gasteiger partial charge on any atom is -0.293 e. The highest BCUT2D eigenvalue weighted by Crippen LogP contribution is 2.51. The van der Waals surface area contributed by atoms with Gasteiger partial charge in [-0.05, 0) is 23.6 Å². The predicted octanol–water partition coefficient (Wildman–Crippen LogP) is 6.68. The molecule has 0 aliphatic carbocycles. The molecule has 3 aromatic rings. The van der Waals surface area contributed by atoms with Crippen LogP contribution in [0.2, 0.25) is 25.1 Å². The number of hydrogen-bond donors (Lipinski definition) is 0. The number of anilines is 1. The molecule has 0 unspecified atom stereocenters. The lowest BCUT2D eigenvalue weighted by Crippen LogP contribution is -2.67. The highest BCUT2D eigenvalue weighted by Gasteiger charge is 2.59.